The summed E-state index contributed by atoms with van der Waals surface area (Å²) < 4.78 is 0. The second-order valence-corrected chi connectivity index (χ2v) is 3.76. The fourth-order valence-corrected chi connectivity index (χ4v) is 1.92. The van der Waals surface area contributed by atoms with E-state index in [9.17, 15) is 5.11 Å². The predicted molar refractivity (Wildman–Crippen MR) is 42.8 cm³/mol. The predicted octanol–water partition coefficient (Wildman–Crippen LogP) is 2.19. The highest BCUT2D eigenvalue weighted by atomic mass is 16.3. The molecule has 1 heteroatoms. The zero-order chi connectivity index (χ0) is 7.56. The van der Waals surface area contributed by atoms with Gasteiger partial charge in [-0.3, -0.25) is 0 Å². The molecule has 0 aromatic carbocycles. The van der Waals surface area contributed by atoms with Crippen LogP contribution in [0.5, 0.6) is 0 Å². The maximum Gasteiger partial charge on any atom is 0.0570 e. The molecule has 2 atom stereocenters. The minimum absolute atomic E-state index is 0.00579. The third kappa shape index (κ3) is 1.72. The third-order valence-corrected chi connectivity index (χ3v) is 2.64. The van der Waals surface area contributed by atoms with Gasteiger partial charge < -0.3 is 5.11 Å². The second kappa shape index (κ2) is 3.38. The Morgan fingerprint density at radius 3 is 2.20 bits per heavy atom. The molecule has 0 aromatic rings. The fraction of sp³-hybridized carbons (Fsp3) is 1.00. The van der Waals surface area contributed by atoms with Crippen LogP contribution in [0.4, 0.5) is 0 Å². The average molecular weight is 142 g/mol. The monoisotopic (exact) mass is 142 g/mol. The molecule has 10 heavy (non-hydrogen) atoms. The van der Waals surface area contributed by atoms with Crippen molar-refractivity contribution in [2.75, 3.05) is 0 Å². The smallest absolute Gasteiger partial charge is 0.0570 e. The minimum atomic E-state index is -0.00579. The van der Waals surface area contributed by atoms with Crippen LogP contribution in [0.2, 0.25) is 0 Å². The van der Waals surface area contributed by atoms with Gasteiger partial charge in [-0.05, 0) is 24.7 Å². The van der Waals surface area contributed by atoms with Gasteiger partial charge in [0.1, 0.15) is 0 Å². The van der Waals surface area contributed by atoms with Gasteiger partial charge in [-0.25, -0.2) is 0 Å². The molecule has 0 aromatic heterocycles. The van der Waals surface area contributed by atoms with E-state index in [1.54, 1.807) is 0 Å². The van der Waals surface area contributed by atoms with Crippen LogP contribution in [0.3, 0.4) is 0 Å². The highest BCUT2D eigenvalue weighted by Gasteiger charge is 2.24. The summed E-state index contributed by atoms with van der Waals surface area (Å²) in [5.74, 6) is 1.24. The molecular formula is C9H18O. The van der Waals surface area contributed by atoms with Crippen molar-refractivity contribution in [3.05, 3.63) is 0 Å². The second-order valence-electron chi connectivity index (χ2n) is 3.76. The van der Waals surface area contributed by atoms with E-state index in [2.05, 4.69) is 13.8 Å². The van der Waals surface area contributed by atoms with Crippen LogP contribution < -0.4 is 0 Å². The van der Waals surface area contributed by atoms with Crippen molar-refractivity contribution in [1.82, 2.24) is 0 Å². The minimum Gasteiger partial charge on any atom is -0.393 e. The topological polar surface area (TPSA) is 20.2 Å². The number of aliphatic hydroxyl groups excluding tert-OH is 1. The number of hydrogen-bond acceptors (Lipinski definition) is 1. The zero-order valence-corrected chi connectivity index (χ0v) is 7.01. The van der Waals surface area contributed by atoms with Crippen LogP contribution in [0.15, 0.2) is 0 Å². The Balaban J connectivity index is 2.40. The van der Waals surface area contributed by atoms with Gasteiger partial charge in [0.25, 0.3) is 0 Å². The highest BCUT2D eigenvalue weighted by Crippen LogP contribution is 2.29. The summed E-state index contributed by atoms with van der Waals surface area (Å²) in [6, 6.07) is 0. The lowest BCUT2D eigenvalue weighted by atomic mass is 9.79. The molecule has 0 amide bonds. The first kappa shape index (κ1) is 8.06. The summed E-state index contributed by atoms with van der Waals surface area (Å²) >= 11 is 0. The molecule has 1 aliphatic carbocycles. The van der Waals surface area contributed by atoms with Gasteiger partial charge >= 0.3 is 0 Å². The van der Waals surface area contributed by atoms with E-state index in [-0.39, 0.29) is 6.10 Å². The van der Waals surface area contributed by atoms with Crippen LogP contribution in [0.25, 0.3) is 0 Å². The lowest BCUT2D eigenvalue weighted by Gasteiger charge is -2.30. The van der Waals surface area contributed by atoms with Crippen molar-refractivity contribution in [2.45, 2.75) is 45.6 Å². The standard InChI is InChI=1S/C9H18O/c1-7(2)8-5-3-4-6-9(8)10/h7-10H,3-6H2,1-2H3/t8-,9?/m1/s1. The third-order valence-electron chi connectivity index (χ3n) is 2.64. The maximum atomic E-state index is 9.54. The van der Waals surface area contributed by atoms with Crippen molar-refractivity contribution < 1.29 is 5.11 Å². The van der Waals surface area contributed by atoms with Gasteiger partial charge in [0, 0.05) is 0 Å². The Labute approximate surface area is 63.4 Å². The van der Waals surface area contributed by atoms with Crippen molar-refractivity contribution in [1.29, 1.82) is 0 Å². The Kier molecular flexibility index (Phi) is 2.72. The first-order valence-corrected chi connectivity index (χ1v) is 4.40. The van der Waals surface area contributed by atoms with Crippen LogP contribution in [-0.2, 0) is 0 Å². The summed E-state index contributed by atoms with van der Waals surface area (Å²) in [6.45, 7) is 4.42. The quantitative estimate of drug-likeness (QED) is 0.595. The van der Waals surface area contributed by atoms with Gasteiger partial charge in [-0.1, -0.05) is 26.7 Å². The van der Waals surface area contributed by atoms with Gasteiger partial charge in [-0.15, -0.1) is 0 Å². The van der Waals surface area contributed by atoms with Gasteiger partial charge in [0.15, 0.2) is 0 Å². The van der Waals surface area contributed by atoms with Gasteiger partial charge in [0.05, 0.1) is 6.10 Å². The van der Waals surface area contributed by atoms with Crippen LogP contribution in [-0.4, -0.2) is 11.2 Å². The molecule has 1 nitrogen and oxygen atoms in total. The Morgan fingerprint density at radius 1 is 1.20 bits per heavy atom. The molecule has 60 valence electrons. The van der Waals surface area contributed by atoms with E-state index in [1.807, 2.05) is 0 Å². The molecule has 1 unspecified atom stereocenters. The Bertz CT molecular complexity index is 98.9. The molecule has 0 spiro atoms. The lowest BCUT2D eigenvalue weighted by molar-refractivity contribution is 0.0456. The van der Waals surface area contributed by atoms with Crippen molar-refractivity contribution in [3.63, 3.8) is 0 Å². The lowest BCUT2D eigenvalue weighted by Crippen LogP contribution is -2.28. The summed E-state index contributed by atoms with van der Waals surface area (Å²) in [6.07, 6.45) is 4.81. The van der Waals surface area contributed by atoms with Crippen LogP contribution >= 0.6 is 0 Å². The van der Waals surface area contributed by atoms with Crippen molar-refractivity contribution in [3.8, 4) is 0 Å². The van der Waals surface area contributed by atoms with E-state index in [0.717, 1.165) is 6.42 Å². The molecular weight excluding hydrogens is 124 g/mol. The molecule has 0 aliphatic heterocycles. The Morgan fingerprint density at radius 2 is 1.80 bits per heavy atom. The first-order chi connectivity index (χ1) is 4.72. The molecule has 1 rings (SSSR count). The summed E-state index contributed by atoms with van der Waals surface area (Å²) in [7, 11) is 0. The Hall–Kier alpha value is -0.0400. The normalized spacial score (nSPS) is 34.8. The molecule has 1 N–H and O–H groups in total. The largest absolute Gasteiger partial charge is 0.393 e. The van der Waals surface area contributed by atoms with E-state index < -0.39 is 0 Å². The molecule has 0 radical (unpaired) electrons. The summed E-state index contributed by atoms with van der Waals surface area (Å²) in [5.41, 5.74) is 0. The molecule has 1 aliphatic rings. The van der Waals surface area contributed by atoms with Gasteiger partial charge in [0.2, 0.25) is 0 Å². The van der Waals surface area contributed by atoms with Crippen LogP contribution in [0.1, 0.15) is 39.5 Å². The average Bonchev–Trinajstić information content (AvgIpc) is 1.88. The summed E-state index contributed by atoms with van der Waals surface area (Å²) in [5, 5.41) is 9.54. The SMILES string of the molecule is CC(C)[C@H]1CCCCC1O. The zero-order valence-electron chi connectivity index (χ0n) is 7.01. The maximum absolute atomic E-state index is 9.54. The molecule has 0 bridgehead atoms. The number of aliphatic hydroxyl groups is 1. The fourth-order valence-electron chi connectivity index (χ4n) is 1.92. The van der Waals surface area contributed by atoms with E-state index in [4.69, 9.17) is 0 Å². The molecule has 0 saturated heterocycles. The highest BCUT2D eigenvalue weighted by molar-refractivity contribution is 4.76. The van der Waals surface area contributed by atoms with E-state index in [0.29, 0.717) is 11.8 Å². The first-order valence-electron chi connectivity index (χ1n) is 4.40. The molecule has 1 fully saturated rings. The van der Waals surface area contributed by atoms with E-state index >= 15 is 0 Å². The van der Waals surface area contributed by atoms with Gasteiger partial charge in [-0.2, -0.15) is 0 Å². The molecule has 1 saturated carbocycles. The number of rotatable bonds is 1. The molecule has 0 heterocycles. The number of hydrogen-bond donors (Lipinski definition) is 1. The van der Waals surface area contributed by atoms with Crippen molar-refractivity contribution in [2.24, 2.45) is 11.8 Å². The summed E-state index contributed by atoms with van der Waals surface area (Å²) in [4.78, 5) is 0. The van der Waals surface area contributed by atoms with Crippen LogP contribution in [0, 0.1) is 11.8 Å². The van der Waals surface area contributed by atoms with E-state index in [1.165, 1.54) is 19.3 Å². The van der Waals surface area contributed by atoms with Crippen molar-refractivity contribution >= 4 is 0 Å².